The van der Waals surface area contributed by atoms with Crippen molar-refractivity contribution in [3.63, 3.8) is 0 Å². The van der Waals surface area contributed by atoms with Crippen molar-refractivity contribution in [2.45, 2.75) is 6.04 Å². The molecule has 0 aliphatic carbocycles. The van der Waals surface area contributed by atoms with Gasteiger partial charge in [0.15, 0.2) is 0 Å². The summed E-state index contributed by atoms with van der Waals surface area (Å²) in [5, 5.41) is 6.59. The molecule has 84 valence electrons. The molecule has 1 N–H and O–H groups in total. The van der Waals surface area contributed by atoms with Crippen LogP contribution in [0.4, 0.5) is 0 Å². The SMILES string of the molecule is c1ncc(-c2csc(C3COCCN3)n2)s1. The molecule has 1 saturated heterocycles. The van der Waals surface area contributed by atoms with E-state index >= 15 is 0 Å². The summed E-state index contributed by atoms with van der Waals surface area (Å²) >= 11 is 3.30. The molecule has 0 bridgehead atoms. The van der Waals surface area contributed by atoms with Gasteiger partial charge in [-0.1, -0.05) is 0 Å². The zero-order chi connectivity index (χ0) is 10.8. The highest BCUT2D eigenvalue weighted by molar-refractivity contribution is 7.14. The van der Waals surface area contributed by atoms with E-state index in [1.54, 1.807) is 22.7 Å². The van der Waals surface area contributed by atoms with Gasteiger partial charge in [-0.3, -0.25) is 4.98 Å². The maximum Gasteiger partial charge on any atom is 0.113 e. The Morgan fingerprint density at radius 2 is 2.44 bits per heavy atom. The first-order chi connectivity index (χ1) is 7.93. The number of morpholine rings is 1. The summed E-state index contributed by atoms with van der Waals surface area (Å²) in [5.41, 5.74) is 2.85. The summed E-state index contributed by atoms with van der Waals surface area (Å²) in [7, 11) is 0. The Kier molecular flexibility index (Phi) is 2.96. The molecule has 1 aliphatic rings. The Balaban J connectivity index is 1.82. The monoisotopic (exact) mass is 253 g/mol. The maximum atomic E-state index is 5.43. The first kappa shape index (κ1) is 10.3. The van der Waals surface area contributed by atoms with Gasteiger partial charge >= 0.3 is 0 Å². The zero-order valence-corrected chi connectivity index (χ0v) is 10.2. The van der Waals surface area contributed by atoms with E-state index in [1.807, 2.05) is 11.7 Å². The number of aromatic nitrogens is 2. The second-order valence-electron chi connectivity index (χ2n) is 3.52. The number of ether oxygens (including phenoxy) is 1. The molecule has 1 fully saturated rings. The average Bonchev–Trinajstić information content (AvgIpc) is 3.01. The van der Waals surface area contributed by atoms with Gasteiger partial charge in [0.25, 0.3) is 0 Å². The third kappa shape index (κ3) is 2.01. The Morgan fingerprint density at radius 1 is 1.44 bits per heavy atom. The van der Waals surface area contributed by atoms with Crippen molar-refractivity contribution >= 4 is 22.7 Å². The van der Waals surface area contributed by atoms with Gasteiger partial charge in [0.1, 0.15) is 5.01 Å². The molecular weight excluding hydrogens is 242 g/mol. The van der Waals surface area contributed by atoms with Crippen LogP contribution in [0.25, 0.3) is 10.6 Å². The molecule has 2 aromatic rings. The molecule has 2 aromatic heterocycles. The van der Waals surface area contributed by atoms with Crippen LogP contribution in [0.3, 0.4) is 0 Å². The third-order valence-corrected chi connectivity index (χ3v) is 4.18. The Hall–Kier alpha value is -0.820. The van der Waals surface area contributed by atoms with Crippen molar-refractivity contribution in [2.75, 3.05) is 19.8 Å². The molecule has 1 unspecified atom stereocenters. The van der Waals surface area contributed by atoms with Gasteiger partial charge in [0.2, 0.25) is 0 Å². The van der Waals surface area contributed by atoms with E-state index in [2.05, 4.69) is 20.7 Å². The molecule has 4 nitrogen and oxygen atoms in total. The van der Waals surface area contributed by atoms with Crippen LogP contribution in [0.5, 0.6) is 0 Å². The molecule has 0 aromatic carbocycles. The van der Waals surface area contributed by atoms with Gasteiger partial charge in [-0.2, -0.15) is 0 Å². The first-order valence-corrected chi connectivity index (χ1v) is 6.85. The van der Waals surface area contributed by atoms with E-state index in [9.17, 15) is 0 Å². The Labute approximate surface area is 101 Å². The molecule has 1 aliphatic heterocycles. The lowest BCUT2D eigenvalue weighted by molar-refractivity contribution is 0.0768. The van der Waals surface area contributed by atoms with Gasteiger partial charge in [-0.25, -0.2) is 4.98 Å². The lowest BCUT2D eigenvalue weighted by Crippen LogP contribution is -2.34. The summed E-state index contributed by atoms with van der Waals surface area (Å²) in [4.78, 5) is 9.81. The number of rotatable bonds is 2. The van der Waals surface area contributed by atoms with Crippen LogP contribution in [0, 0.1) is 0 Å². The van der Waals surface area contributed by atoms with E-state index in [-0.39, 0.29) is 6.04 Å². The molecule has 1 atom stereocenters. The standard InChI is InChI=1S/C10H11N3OS2/c1-2-14-4-7(12-1)10-13-8(5-15-10)9-3-11-6-16-9/h3,5-7,12H,1-2,4H2. The van der Waals surface area contributed by atoms with Crippen LogP contribution >= 0.6 is 22.7 Å². The Bertz CT molecular complexity index is 448. The minimum atomic E-state index is 0.250. The van der Waals surface area contributed by atoms with Crippen LogP contribution in [0.15, 0.2) is 17.1 Å². The van der Waals surface area contributed by atoms with Crippen LogP contribution in [-0.4, -0.2) is 29.7 Å². The molecule has 16 heavy (non-hydrogen) atoms. The van der Waals surface area contributed by atoms with E-state index in [0.29, 0.717) is 0 Å². The largest absolute Gasteiger partial charge is 0.378 e. The fourth-order valence-corrected chi connectivity index (χ4v) is 3.16. The average molecular weight is 253 g/mol. The Morgan fingerprint density at radius 3 is 3.19 bits per heavy atom. The van der Waals surface area contributed by atoms with Gasteiger partial charge in [-0.05, 0) is 0 Å². The van der Waals surface area contributed by atoms with Gasteiger partial charge in [0.05, 0.1) is 35.3 Å². The highest BCUT2D eigenvalue weighted by Gasteiger charge is 2.19. The number of hydrogen-bond donors (Lipinski definition) is 1. The summed E-state index contributed by atoms with van der Waals surface area (Å²) in [6.07, 6.45) is 1.86. The first-order valence-electron chi connectivity index (χ1n) is 5.09. The topological polar surface area (TPSA) is 47.0 Å². The lowest BCUT2D eigenvalue weighted by Gasteiger charge is -2.21. The van der Waals surface area contributed by atoms with Gasteiger partial charge in [0, 0.05) is 18.1 Å². The van der Waals surface area contributed by atoms with Crippen LogP contribution in [0.2, 0.25) is 0 Å². The second-order valence-corrected chi connectivity index (χ2v) is 5.29. The number of hydrogen-bond acceptors (Lipinski definition) is 6. The van der Waals surface area contributed by atoms with Crippen LogP contribution in [-0.2, 0) is 4.74 Å². The molecule has 0 saturated carbocycles. The lowest BCUT2D eigenvalue weighted by atomic mass is 10.3. The number of nitrogens with zero attached hydrogens (tertiary/aromatic N) is 2. The molecule has 3 rings (SSSR count). The quantitative estimate of drug-likeness (QED) is 0.888. The van der Waals surface area contributed by atoms with Crippen molar-refractivity contribution in [2.24, 2.45) is 0 Å². The van der Waals surface area contributed by atoms with Gasteiger partial charge < -0.3 is 10.1 Å². The molecule has 6 heteroatoms. The fraction of sp³-hybridized carbons (Fsp3) is 0.400. The van der Waals surface area contributed by atoms with Crippen molar-refractivity contribution in [1.29, 1.82) is 0 Å². The molecule has 0 amide bonds. The van der Waals surface area contributed by atoms with Crippen molar-refractivity contribution in [3.8, 4) is 10.6 Å². The molecule has 0 radical (unpaired) electrons. The summed E-state index contributed by atoms with van der Waals surface area (Å²) in [6, 6.07) is 0.250. The van der Waals surface area contributed by atoms with Gasteiger partial charge in [-0.15, -0.1) is 22.7 Å². The summed E-state index contributed by atoms with van der Waals surface area (Å²) in [6.45, 7) is 2.42. The van der Waals surface area contributed by atoms with Crippen molar-refractivity contribution in [1.82, 2.24) is 15.3 Å². The van der Waals surface area contributed by atoms with E-state index < -0.39 is 0 Å². The fourth-order valence-electron chi connectivity index (χ4n) is 1.63. The highest BCUT2D eigenvalue weighted by Crippen LogP contribution is 2.28. The van der Waals surface area contributed by atoms with Crippen LogP contribution < -0.4 is 5.32 Å². The maximum absolute atomic E-state index is 5.43. The zero-order valence-electron chi connectivity index (χ0n) is 8.55. The van der Waals surface area contributed by atoms with Crippen molar-refractivity contribution < 1.29 is 4.74 Å². The van der Waals surface area contributed by atoms with E-state index in [4.69, 9.17) is 4.74 Å². The minimum absolute atomic E-state index is 0.250. The highest BCUT2D eigenvalue weighted by atomic mass is 32.1. The molecular formula is C10H11N3OS2. The minimum Gasteiger partial charge on any atom is -0.378 e. The molecule has 3 heterocycles. The smallest absolute Gasteiger partial charge is 0.113 e. The molecule has 0 spiro atoms. The van der Waals surface area contributed by atoms with E-state index in [1.165, 1.54) is 0 Å². The van der Waals surface area contributed by atoms with Crippen LogP contribution in [0.1, 0.15) is 11.0 Å². The summed E-state index contributed by atoms with van der Waals surface area (Å²) in [5.74, 6) is 0. The normalized spacial score (nSPS) is 21.1. The third-order valence-electron chi connectivity index (χ3n) is 2.43. The second kappa shape index (κ2) is 4.58. The number of thiazole rings is 2. The summed E-state index contributed by atoms with van der Waals surface area (Å²) < 4.78 is 5.43. The predicted octanol–water partition coefficient (Wildman–Crippen LogP) is 1.93. The van der Waals surface area contributed by atoms with E-state index in [0.717, 1.165) is 35.3 Å². The number of nitrogens with one attached hydrogen (secondary N) is 1. The predicted molar refractivity (Wildman–Crippen MR) is 64.8 cm³/mol. The van der Waals surface area contributed by atoms with Crippen molar-refractivity contribution in [3.05, 3.63) is 22.1 Å².